The first kappa shape index (κ1) is 14.8. The fraction of sp³-hybridized carbons (Fsp3) is 0.333. The molecular formula is C15H18ClN3O. The van der Waals surface area contributed by atoms with Crippen LogP contribution in [-0.2, 0) is 4.74 Å². The predicted molar refractivity (Wildman–Crippen MR) is 82.0 cm³/mol. The Morgan fingerprint density at radius 3 is 2.70 bits per heavy atom. The molecule has 0 aliphatic heterocycles. The minimum atomic E-state index is 0.397. The maximum Gasteiger partial charge on any atom is 0.163 e. The van der Waals surface area contributed by atoms with Crippen LogP contribution in [0.5, 0.6) is 0 Å². The summed E-state index contributed by atoms with van der Waals surface area (Å²) in [5, 5.41) is 3.70. The molecule has 1 atom stereocenters. The monoisotopic (exact) mass is 291 g/mol. The van der Waals surface area contributed by atoms with Crippen LogP contribution in [0.2, 0.25) is 5.15 Å². The van der Waals surface area contributed by atoms with Crippen LogP contribution in [0, 0.1) is 5.92 Å². The molecule has 1 aromatic carbocycles. The summed E-state index contributed by atoms with van der Waals surface area (Å²) in [6, 6.07) is 11.5. The molecule has 0 spiro atoms. The van der Waals surface area contributed by atoms with Crippen LogP contribution >= 0.6 is 11.6 Å². The summed E-state index contributed by atoms with van der Waals surface area (Å²) in [6.07, 6.45) is 0. The largest absolute Gasteiger partial charge is 0.384 e. The summed E-state index contributed by atoms with van der Waals surface area (Å²) in [5.41, 5.74) is 0.947. The smallest absolute Gasteiger partial charge is 0.163 e. The molecule has 20 heavy (non-hydrogen) atoms. The third-order valence-electron chi connectivity index (χ3n) is 2.81. The van der Waals surface area contributed by atoms with E-state index in [-0.39, 0.29) is 0 Å². The van der Waals surface area contributed by atoms with E-state index in [0.29, 0.717) is 23.5 Å². The summed E-state index contributed by atoms with van der Waals surface area (Å²) in [7, 11) is 1.70. The molecule has 1 heterocycles. The van der Waals surface area contributed by atoms with Crippen LogP contribution in [-0.4, -0.2) is 30.2 Å². The minimum absolute atomic E-state index is 0.397. The highest BCUT2D eigenvalue weighted by Gasteiger charge is 2.07. The van der Waals surface area contributed by atoms with Gasteiger partial charge in [-0.25, -0.2) is 9.97 Å². The predicted octanol–water partition coefficient (Wildman–Crippen LogP) is 3.49. The van der Waals surface area contributed by atoms with Crippen LogP contribution in [0.1, 0.15) is 6.92 Å². The van der Waals surface area contributed by atoms with Gasteiger partial charge in [0.1, 0.15) is 11.0 Å². The van der Waals surface area contributed by atoms with Gasteiger partial charge in [0.2, 0.25) is 0 Å². The van der Waals surface area contributed by atoms with E-state index in [1.54, 1.807) is 13.2 Å². The second-order valence-corrected chi connectivity index (χ2v) is 5.09. The van der Waals surface area contributed by atoms with E-state index in [0.717, 1.165) is 17.9 Å². The molecule has 0 aliphatic rings. The van der Waals surface area contributed by atoms with Crippen molar-refractivity contribution in [2.75, 3.05) is 25.6 Å². The number of rotatable bonds is 6. The van der Waals surface area contributed by atoms with E-state index in [1.807, 2.05) is 30.3 Å². The fourth-order valence-corrected chi connectivity index (χ4v) is 2.03. The lowest BCUT2D eigenvalue weighted by Crippen LogP contribution is -2.16. The molecule has 1 N–H and O–H groups in total. The number of hydrogen-bond donors (Lipinski definition) is 1. The third kappa shape index (κ3) is 4.18. The van der Waals surface area contributed by atoms with E-state index >= 15 is 0 Å². The maximum atomic E-state index is 6.06. The van der Waals surface area contributed by atoms with Crippen molar-refractivity contribution in [1.82, 2.24) is 9.97 Å². The molecule has 0 aliphatic carbocycles. The Bertz CT molecular complexity index is 548. The van der Waals surface area contributed by atoms with Crippen molar-refractivity contribution in [3.63, 3.8) is 0 Å². The Balaban J connectivity index is 2.13. The number of nitrogens with one attached hydrogen (secondary N) is 1. The lowest BCUT2D eigenvalue weighted by atomic mass is 10.2. The number of anilines is 1. The quantitative estimate of drug-likeness (QED) is 0.828. The van der Waals surface area contributed by atoms with E-state index in [9.17, 15) is 0 Å². The number of ether oxygens (including phenoxy) is 1. The van der Waals surface area contributed by atoms with Crippen molar-refractivity contribution in [1.29, 1.82) is 0 Å². The van der Waals surface area contributed by atoms with Crippen LogP contribution in [0.15, 0.2) is 36.4 Å². The Labute approximate surface area is 124 Å². The molecule has 106 valence electrons. The lowest BCUT2D eigenvalue weighted by Gasteiger charge is -2.12. The summed E-state index contributed by atoms with van der Waals surface area (Å²) in [4.78, 5) is 8.75. The molecule has 2 aromatic rings. The van der Waals surface area contributed by atoms with Gasteiger partial charge in [0.15, 0.2) is 5.82 Å². The molecule has 0 fully saturated rings. The average Bonchev–Trinajstić information content (AvgIpc) is 2.46. The number of hydrogen-bond acceptors (Lipinski definition) is 4. The van der Waals surface area contributed by atoms with Crippen molar-refractivity contribution >= 4 is 17.4 Å². The molecule has 1 unspecified atom stereocenters. The van der Waals surface area contributed by atoms with Gasteiger partial charge >= 0.3 is 0 Å². The van der Waals surface area contributed by atoms with Crippen LogP contribution in [0.3, 0.4) is 0 Å². The Morgan fingerprint density at radius 1 is 1.25 bits per heavy atom. The number of aromatic nitrogens is 2. The second kappa shape index (κ2) is 7.22. The van der Waals surface area contributed by atoms with E-state index < -0.39 is 0 Å². The number of nitrogens with zero attached hydrogens (tertiary/aromatic N) is 2. The van der Waals surface area contributed by atoms with E-state index in [4.69, 9.17) is 16.3 Å². The Morgan fingerprint density at radius 2 is 2.00 bits per heavy atom. The maximum absolute atomic E-state index is 6.06. The molecule has 0 saturated carbocycles. The summed E-state index contributed by atoms with van der Waals surface area (Å²) in [6.45, 7) is 3.59. The van der Waals surface area contributed by atoms with Crippen LogP contribution in [0.25, 0.3) is 11.4 Å². The Kier molecular flexibility index (Phi) is 5.32. The van der Waals surface area contributed by atoms with Crippen molar-refractivity contribution < 1.29 is 4.74 Å². The zero-order valence-corrected chi connectivity index (χ0v) is 12.4. The first-order valence-corrected chi connectivity index (χ1v) is 6.89. The van der Waals surface area contributed by atoms with Gasteiger partial charge in [0, 0.05) is 25.3 Å². The summed E-state index contributed by atoms with van der Waals surface area (Å²) < 4.78 is 5.11. The highest BCUT2D eigenvalue weighted by atomic mass is 35.5. The normalized spacial score (nSPS) is 12.2. The SMILES string of the molecule is COCC(C)CNc1cc(Cl)nc(-c2ccccc2)n1. The molecule has 5 heteroatoms. The van der Waals surface area contributed by atoms with Gasteiger partial charge < -0.3 is 10.1 Å². The van der Waals surface area contributed by atoms with Gasteiger partial charge in [0.25, 0.3) is 0 Å². The third-order valence-corrected chi connectivity index (χ3v) is 3.00. The van der Waals surface area contributed by atoms with Gasteiger partial charge in [-0.3, -0.25) is 0 Å². The standard InChI is InChI=1S/C15H18ClN3O/c1-11(10-20-2)9-17-14-8-13(16)18-15(19-14)12-6-4-3-5-7-12/h3-8,11H,9-10H2,1-2H3,(H,17,18,19). The average molecular weight is 292 g/mol. The van der Waals surface area contributed by atoms with Gasteiger partial charge in [0.05, 0.1) is 6.61 Å². The van der Waals surface area contributed by atoms with Gasteiger partial charge in [-0.1, -0.05) is 48.9 Å². The van der Waals surface area contributed by atoms with Crippen LogP contribution in [0.4, 0.5) is 5.82 Å². The summed E-state index contributed by atoms with van der Waals surface area (Å²) >= 11 is 6.06. The topological polar surface area (TPSA) is 47.0 Å². The molecule has 1 aromatic heterocycles. The summed E-state index contributed by atoms with van der Waals surface area (Å²) in [5.74, 6) is 1.75. The number of halogens is 1. The van der Waals surface area contributed by atoms with Gasteiger partial charge in [-0.15, -0.1) is 0 Å². The zero-order valence-electron chi connectivity index (χ0n) is 11.6. The van der Waals surface area contributed by atoms with Crippen molar-refractivity contribution in [3.8, 4) is 11.4 Å². The molecular weight excluding hydrogens is 274 g/mol. The van der Waals surface area contributed by atoms with E-state index in [1.165, 1.54) is 0 Å². The highest BCUT2D eigenvalue weighted by Crippen LogP contribution is 2.20. The zero-order chi connectivity index (χ0) is 14.4. The van der Waals surface area contributed by atoms with E-state index in [2.05, 4.69) is 22.2 Å². The number of methoxy groups -OCH3 is 1. The van der Waals surface area contributed by atoms with Crippen molar-refractivity contribution in [2.24, 2.45) is 5.92 Å². The molecule has 4 nitrogen and oxygen atoms in total. The molecule has 0 radical (unpaired) electrons. The first-order valence-electron chi connectivity index (χ1n) is 6.52. The van der Waals surface area contributed by atoms with Crippen molar-refractivity contribution in [2.45, 2.75) is 6.92 Å². The fourth-order valence-electron chi connectivity index (χ4n) is 1.85. The second-order valence-electron chi connectivity index (χ2n) is 4.71. The minimum Gasteiger partial charge on any atom is -0.384 e. The van der Waals surface area contributed by atoms with Crippen molar-refractivity contribution in [3.05, 3.63) is 41.6 Å². The Hall–Kier alpha value is -1.65. The molecule has 2 rings (SSSR count). The lowest BCUT2D eigenvalue weighted by molar-refractivity contribution is 0.164. The molecule has 0 amide bonds. The number of benzene rings is 1. The van der Waals surface area contributed by atoms with Gasteiger partial charge in [-0.05, 0) is 5.92 Å². The van der Waals surface area contributed by atoms with Crippen LogP contribution < -0.4 is 5.32 Å². The first-order chi connectivity index (χ1) is 9.69. The molecule has 0 bridgehead atoms. The highest BCUT2D eigenvalue weighted by molar-refractivity contribution is 6.29. The molecule has 0 saturated heterocycles. The van der Waals surface area contributed by atoms with Gasteiger partial charge in [-0.2, -0.15) is 0 Å².